The summed E-state index contributed by atoms with van der Waals surface area (Å²) in [6.07, 6.45) is 0.956. The average Bonchev–Trinajstić information content (AvgIpc) is 3.47. The van der Waals surface area contributed by atoms with Crippen LogP contribution in [0.2, 0.25) is 5.02 Å². The van der Waals surface area contributed by atoms with E-state index in [-0.39, 0.29) is 17.4 Å². The zero-order valence-electron chi connectivity index (χ0n) is 19.0. The summed E-state index contributed by atoms with van der Waals surface area (Å²) in [5, 5.41) is 14.5. The maximum atomic E-state index is 14.0. The standard InChI is InChI=1S/C24H20ClF2N5O2S2/c1-3-10-32-22(14(2)34-20-9-8-17(26)11-18(20)27)30-31-24(32)36-13-21(33)29-23-28-19(12-35-23)15-4-6-16(25)7-5-15/h3-9,11-12,14H,1,10,13H2,2H3,(H,28,29,33). The Labute approximate surface area is 219 Å². The van der Waals surface area contributed by atoms with Crippen molar-refractivity contribution in [3.63, 3.8) is 0 Å². The number of amides is 1. The molecule has 0 aliphatic rings. The number of benzene rings is 2. The van der Waals surface area contributed by atoms with Gasteiger partial charge >= 0.3 is 0 Å². The molecule has 4 rings (SSSR count). The van der Waals surface area contributed by atoms with Crippen molar-refractivity contribution in [3.8, 4) is 17.0 Å². The van der Waals surface area contributed by atoms with Crippen LogP contribution in [0.1, 0.15) is 18.9 Å². The monoisotopic (exact) mass is 547 g/mol. The Morgan fingerprint density at radius 3 is 2.78 bits per heavy atom. The number of ether oxygens (including phenoxy) is 1. The smallest absolute Gasteiger partial charge is 0.236 e. The van der Waals surface area contributed by atoms with Crippen LogP contribution in [0.15, 0.2) is 65.7 Å². The van der Waals surface area contributed by atoms with E-state index in [1.165, 1.54) is 29.2 Å². The lowest BCUT2D eigenvalue weighted by Gasteiger charge is -2.16. The molecule has 1 N–H and O–H groups in total. The summed E-state index contributed by atoms with van der Waals surface area (Å²) < 4.78 is 34.5. The first-order valence-corrected chi connectivity index (χ1v) is 12.9. The predicted molar refractivity (Wildman–Crippen MR) is 138 cm³/mol. The number of anilines is 1. The molecule has 1 amide bonds. The molecule has 0 spiro atoms. The van der Waals surface area contributed by atoms with E-state index in [0.29, 0.717) is 27.7 Å². The van der Waals surface area contributed by atoms with Gasteiger partial charge in [0, 0.05) is 28.6 Å². The molecule has 4 aromatic rings. The van der Waals surface area contributed by atoms with Gasteiger partial charge in [0.15, 0.2) is 33.8 Å². The predicted octanol–water partition coefficient (Wildman–Crippen LogP) is 6.39. The number of nitrogens with one attached hydrogen (secondary N) is 1. The van der Waals surface area contributed by atoms with Crippen molar-refractivity contribution in [1.82, 2.24) is 19.7 Å². The fourth-order valence-corrected chi connectivity index (χ4v) is 4.81. The average molecular weight is 548 g/mol. The van der Waals surface area contributed by atoms with Gasteiger partial charge < -0.3 is 10.1 Å². The molecule has 36 heavy (non-hydrogen) atoms. The Morgan fingerprint density at radius 1 is 1.28 bits per heavy atom. The van der Waals surface area contributed by atoms with Crippen LogP contribution in [0.3, 0.4) is 0 Å². The molecule has 0 aliphatic heterocycles. The van der Waals surface area contributed by atoms with Crippen molar-refractivity contribution < 1.29 is 18.3 Å². The highest BCUT2D eigenvalue weighted by atomic mass is 35.5. The number of hydrogen-bond acceptors (Lipinski definition) is 7. The molecule has 1 unspecified atom stereocenters. The molecule has 2 aromatic heterocycles. The minimum absolute atomic E-state index is 0.0625. The molecule has 7 nitrogen and oxygen atoms in total. The molecular weight excluding hydrogens is 528 g/mol. The van der Waals surface area contributed by atoms with Crippen LogP contribution in [-0.2, 0) is 11.3 Å². The lowest BCUT2D eigenvalue weighted by Crippen LogP contribution is -2.15. The molecule has 12 heteroatoms. The molecule has 0 saturated carbocycles. The van der Waals surface area contributed by atoms with Crippen LogP contribution < -0.4 is 10.1 Å². The van der Waals surface area contributed by atoms with Crippen LogP contribution in [0.4, 0.5) is 13.9 Å². The van der Waals surface area contributed by atoms with Gasteiger partial charge in [0.1, 0.15) is 5.82 Å². The highest BCUT2D eigenvalue weighted by Crippen LogP contribution is 2.28. The van der Waals surface area contributed by atoms with Crippen LogP contribution in [0, 0.1) is 11.6 Å². The van der Waals surface area contributed by atoms with Gasteiger partial charge in [-0.1, -0.05) is 41.6 Å². The first kappa shape index (κ1) is 25.8. The minimum atomic E-state index is -0.815. The van der Waals surface area contributed by atoms with Gasteiger partial charge in [0.2, 0.25) is 5.91 Å². The Morgan fingerprint density at radius 2 is 2.06 bits per heavy atom. The largest absolute Gasteiger partial charge is 0.480 e. The van der Waals surface area contributed by atoms with Crippen LogP contribution in [0.5, 0.6) is 5.75 Å². The Balaban J connectivity index is 1.39. The third-order valence-corrected chi connectivity index (χ3v) is 6.82. The van der Waals surface area contributed by atoms with Gasteiger partial charge in [-0.2, -0.15) is 0 Å². The fourth-order valence-electron chi connectivity index (χ4n) is 3.19. The van der Waals surface area contributed by atoms with Gasteiger partial charge in [-0.25, -0.2) is 13.8 Å². The normalized spacial score (nSPS) is 11.8. The van der Waals surface area contributed by atoms with Gasteiger partial charge in [-0.05, 0) is 31.2 Å². The molecule has 0 aliphatic carbocycles. The summed E-state index contributed by atoms with van der Waals surface area (Å²) in [5.74, 6) is -1.40. The number of halogens is 3. The van der Waals surface area contributed by atoms with E-state index in [4.69, 9.17) is 16.3 Å². The zero-order valence-corrected chi connectivity index (χ0v) is 21.3. The number of nitrogens with zero attached hydrogens (tertiary/aromatic N) is 4. The summed E-state index contributed by atoms with van der Waals surface area (Å²) in [4.78, 5) is 17.0. The summed E-state index contributed by atoms with van der Waals surface area (Å²) in [6.45, 7) is 5.77. The number of thioether (sulfide) groups is 1. The number of hydrogen-bond donors (Lipinski definition) is 1. The van der Waals surface area contributed by atoms with Gasteiger partial charge in [-0.3, -0.25) is 9.36 Å². The van der Waals surface area contributed by atoms with E-state index in [0.717, 1.165) is 23.4 Å². The Hall–Kier alpha value is -3.28. The second-order valence-corrected chi connectivity index (χ2v) is 9.69. The molecule has 0 fully saturated rings. The Bertz CT molecular complexity index is 1380. The lowest BCUT2D eigenvalue weighted by atomic mass is 10.2. The number of carbonyl (C=O) groups excluding carboxylic acids is 1. The third-order valence-electron chi connectivity index (χ3n) is 4.84. The minimum Gasteiger partial charge on any atom is -0.480 e. The van der Waals surface area contributed by atoms with Gasteiger partial charge in [0.05, 0.1) is 11.4 Å². The molecule has 1 atom stereocenters. The third kappa shape index (κ3) is 6.28. The van der Waals surface area contributed by atoms with E-state index in [9.17, 15) is 13.6 Å². The van der Waals surface area contributed by atoms with Crippen molar-refractivity contribution in [2.45, 2.75) is 24.7 Å². The van der Waals surface area contributed by atoms with E-state index in [2.05, 4.69) is 27.1 Å². The summed E-state index contributed by atoms with van der Waals surface area (Å²) in [5.41, 5.74) is 1.63. The second-order valence-electron chi connectivity index (χ2n) is 7.46. The van der Waals surface area contributed by atoms with Crippen LogP contribution in [-0.4, -0.2) is 31.4 Å². The van der Waals surface area contributed by atoms with E-state index < -0.39 is 17.7 Å². The van der Waals surface area contributed by atoms with E-state index in [1.807, 2.05) is 17.5 Å². The molecule has 186 valence electrons. The summed E-state index contributed by atoms with van der Waals surface area (Å²) in [6, 6.07) is 10.3. The molecule has 2 aromatic carbocycles. The van der Waals surface area contributed by atoms with E-state index >= 15 is 0 Å². The molecule has 0 saturated heterocycles. The number of carbonyl (C=O) groups is 1. The SMILES string of the molecule is C=CCn1c(SCC(=O)Nc2nc(-c3ccc(Cl)cc3)cs2)nnc1C(C)Oc1ccc(F)cc1F. The lowest BCUT2D eigenvalue weighted by molar-refractivity contribution is -0.113. The van der Waals surface area contributed by atoms with Crippen molar-refractivity contribution in [2.24, 2.45) is 0 Å². The first-order chi connectivity index (χ1) is 17.3. The second kappa shape index (κ2) is 11.6. The van der Waals surface area contributed by atoms with Gasteiger partial charge in [-0.15, -0.1) is 28.1 Å². The summed E-state index contributed by atoms with van der Waals surface area (Å²) in [7, 11) is 0. The number of rotatable bonds is 10. The molecular formula is C24H20ClF2N5O2S2. The van der Waals surface area contributed by atoms with Crippen molar-refractivity contribution in [2.75, 3.05) is 11.1 Å². The number of aromatic nitrogens is 4. The summed E-state index contributed by atoms with van der Waals surface area (Å²) >= 11 is 8.43. The number of thiazole rings is 1. The van der Waals surface area contributed by atoms with Gasteiger partial charge in [0.25, 0.3) is 0 Å². The van der Waals surface area contributed by atoms with Crippen molar-refractivity contribution >= 4 is 45.7 Å². The fraction of sp³-hybridized carbons (Fsp3) is 0.167. The molecule has 0 radical (unpaired) electrons. The molecule has 0 bridgehead atoms. The van der Waals surface area contributed by atoms with Crippen molar-refractivity contribution in [1.29, 1.82) is 0 Å². The number of allylic oxidation sites excluding steroid dienone is 1. The highest BCUT2D eigenvalue weighted by molar-refractivity contribution is 7.99. The Kier molecular flexibility index (Phi) is 8.34. The maximum absolute atomic E-state index is 14.0. The van der Waals surface area contributed by atoms with Crippen LogP contribution >= 0.6 is 34.7 Å². The van der Waals surface area contributed by atoms with Crippen LogP contribution in [0.25, 0.3) is 11.3 Å². The topological polar surface area (TPSA) is 81.9 Å². The highest BCUT2D eigenvalue weighted by Gasteiger charge is 2.21. The van der Waals surface area contributed by atoms with E-state index in [1.54, 1.807) is 29.7 Å². The quantitative estimate of drug-likeness (QED) is 0.183. The van der Waals surface area contributed by atoms with Crippen molar-refractivity contribution in [3.05, 3.63) is 83.0 Å². The first-order valence-electron chi connectivity index (χ1n) is 10.6. The maximum Gasteiger partial charge on any atom is 0.236 e. The molecule has 2 heterocycles. The zero-order chi connectivity index (χ0) is 25.7.